The zero-order valence-electron chi connectivity index (χ0n) is 13.0. The van der Waals surface area contributed by atoms with Crippen molar-refractivity contribution in [3.63, 3.8) is 0 Å². The summed E-state index contributed by atoms with van der Waals surface area (Å²) in [4.78, 5) is 24.0. The molecule has 2 amide bonds. The molecule has 1 aromatic carbocycles. The first-order chi connectivity index (χ1) is 10.7. The minimum absolute atomic E-state index is 0.0398. The summed E-state index contributed by atoms with van der Waals surface area (Å²) in [6.07, 6.45) is 9.11. The van der Waals surface area contributed by atoms with E-state index in [2.05, 4.69) is 23.0 Å². The van der Waals surface area contributed by atoms with Gasteiger partial charge >= 0.3 is 0 Å². The molecule has 1 aromatic rings. The average molecular weight is 300 g/mol. The lowest BCUT2D eigenvalue weighted by atomic mass is 9.89. The van der Waals surface area contributed by atoms with E-state index in [1.807, 2.05) is 6.07 Å². The minimum atomic E-state index is -0.151. The summed E-state index contributed by atoms with van der Waals surface area (Å²) in [5, 5.41) is 0. The number of aryl methyl sites for hydroxylation is 2. The third kappa shape index (κ3) is 3.67. The second-order valence-corrected chi connectivity index (χ2v) is 6.51. The number of carbonyl (C=O) groups is 2. The Kier molecular flexibility index (Phi) is 4.76. The second-order valence-electron chi connectivity index (χ2n) is 6.51. The first-order valence-corrected chi connectivity index (χ1v) is 8.42. The van der Waals surface area contributed by atoms with E-state index < -0.39 is 0 Å². The van der Waals surface area contributed by atoms with Crippen LogP contribution in [0.25, 0.3) is 0 Å². The number of nitrogens with one attached hydrogen (secondary N) is 2. The summed E-state index contributed by atoms with van der Waals surface area (Å²) in [5.41, 5.74) is 8.95. The van der Waals surface area contributed by atoms with Crippen LogP contribution in [0.5, 0.6) is 0 Å². The van der Waals surface area contributed by atoms with Crippen molar-refractivity contribution < 1.29 is 9.59 Å². The van der Waals surface area contributed by atoms with E-state index in [0.717, 1.165) is 44.1 Å². The average Bonchev–Trinajstić information content (AvgIpc) is 3.01. The molecule has 0 spiro atoms. The summed E-state index contributed by atoms with van der Waals surface area (Å²) in [6.45, 7) is 0. The third-order valence-electron chi connectivity index (χ3n) is 4.83. The van der Waals surface area contributed by atoms with Crippen molar-refractivity contribution >= 4 is 11.8 Å². The largest absolute Gasteiger partial charge is 0.273 e. The van der Waals surface area contributed by atoms with Crippen molar-refractivity contribution in [2.24, 2.45) is 5.92 Å². The second kappa shape index (κ2) is 6.95. The fraction of sp³-hybridized carbons (Fsp3) is 0.556. The van der Waals surface area contributed by atoms with Crippen LogP contribution in [0.1, 0.15) is 55.2 Å². The summed E-state index contributed by atoms with van der Waals surface area (Å²) in [6, 6.07) is 6.28. The molecule has 118 valence electrons. The summed E-state index contributed by atoms with van der Waals surface area (Å²) in [5.74, 6) is -0.127. The highest BCUT2D eigenvalue weighted by molar-refractivity contribution is 5.84. The van der Waals surface area contributed by atoms with Crippen LogP contribution >= 0.6 is 0 Å². The van der Waals surface area contributed by atoms with Crippen LogP contribution in [0.15, 0.2) is 18.2 Å². The van der Waals surface area contributed by atoms with Gasteiger partial charge in [0.2, 0.25) is 11.8 Å². The fourth-order valence-electron chi connectivity index (χ4n) is 3.56. The molecular weight excluding hydrogens is 276 g/mol. The molecule has 0 heterocycles. The van der Waals surface area contributed by atoms with Crippen molar-refractivity contribution in [2.45, 2.75) is 57.8 Å². The number of hydrogen-bond acceptors (Lipinski definition) is 2. The molecule has 4 heteroatoms. The van der Waals surface area contributed by atoms with Crippen molar-refractivity contribution in [1.29, 1.82) is 0 Å². The lowest BCUT2D eigenvalue weighted by Crippen LogP contribution is -2.45. The SMILES string of the molecule is O=C(Cc1ccc2c(c1)CCC2)NNC(=O)C1CCCCC1. The molecule has 22 heavy (non-hydrogen) atoms. The first-order valence-electron chi connectivity index (χ1n) is 8.42. The number of amides is 2. The molecule has 2 aliphatic carbocycles. The summed E-state index contributed by atoms with van der Waals surface area (Å²) >= 11 is 0. The molecule has 0 bridgehead atoms. The molecule has 3 rings (SSSR count). The van der Waals surface area contributed by atoms with Crippen LogP contribution in [0, 0.1) is 5.92 Å². The molecule has 0 atom stereocenters. The smallest absolute Gasteiger partial charge is 0.242 e. The van der Waals surface area contributed by atoms with Crippen molar-refractivity contribution in [3.05, 3.63) is 34.9 Å². The molecule has 0 aromatic heterocycles. The van der Waals surface area contributed by atoms with Crippen LogP contribution in [0.2, 0.25) is 0 Å². The number of hydrogen-bond donors (Lipinski definition) is 2. The van der Waals surface area contributed by atoms with Gasteiger partial charge in [0.05, 0.1) is 6.42 Å². The van der Waals surface area contributed by atoms with Gasteiger partial charge in [-0.3, -0.25) is 20.4 Å². The molecule has 0 radical (unpaired) electrons. The van der Waals surface area contributed by atoms with Crippen molar-refractivity contribution in [3.8, 4) is 0 Å². The molecule has 1 fully saturated rings. The van der Waals surface area contributed by atoms with Gasteiger partial charge in [0, 0.05) is 5.92 Å². The van der Waals surface area contributed by atoms with Gasteiger partial charge in [0.15, 0.2) is 0 Å². The number of benzene rings is 1. The van der Waals surface area contributed by atoms with Crippen LogP contribution in [-0.2, 0) is 28.9 Å². The van der Waals surface area contributed by atoms with E-state index in [-0.39, 0.29) is 17.7 Å². The van der Waals surface area contributed by atoms with Gasteiger partial charge in [0.25, 0.3) is 0 Å². The van der Waals surface area contributed by atoms with E-state index in [9.17, 15) is 9.59 Å². The van der Waals surface area contributed by atoms with Crippen LogP contribution in [0.3, 0.4) is 0 Å². The maximum absolute atomic E-state index is 12.0. The van der Waals surface area contributed by atoms with Crippen molar-refractivity contribution in [2.75, 3.05) is 0 Å². The Morgan fingerprint density at radius 1 is 0.955 bits per heavy atom. The van der Waals surface area contributed by atoms with Crippen LogP contribution < -0.4 is 10.9 Å². The van der Waals surface area contributed by atoms with E-state index in [4.69, 9.17) is 0 Å². The molecule has 1 saturated carbocycles. The Balaban J connectivity index is 1.47. The maximum Gasteiger partial charge on any atom is 0.242 e. The van der Waals surface area contributed by atoms with E-state index >= 15 is 0 Å². The lowest BCUT2D eigenvalue weighted by molar-refractivity contribution is -0.131. The van der Waals surface area contributed by atoms with Gasteiger partial charge < -0.3 is 0 Å². The van der Waals surface area contributed by atoms with Gasteiger partial charge in [-0.2, -0.15) is 0 Å². The highest BCUT2D eigenvalue weighted by atomic mass is 16.2. The number of hydrazine groups is 1. The first kappa shape index (κ1) is 15.1. The van der Waals surface area contributed by atoms with Gasteiger partial charge in [-0.15, -0.1) is 0 Å². The quantitative estimate of drug-likeness (QED) is 0.842. The topological polar surface area (TPSA) is 58.2 Å². The Hall–Kier alpha value is -1.84. The highest BCUT2D eigenvalue weighted by Gasteiger charge is 2.21. The van der Waals surface area contributed by atoms with Gasteiger partial charge in [-0.05, 0) is 48.8 Å². The number of fused-ring (bicyclic) bond motifs is 1. The molecule has 0 saturated heterocycles. The number of carbonyl (C=O) groups excluding carboxylic acids is 2. The van der Waals surface area contributed by atoms with Crippen LogP contribution in [-0.4, -0.2) is 11.8 Å². The molecule has 4 nitrogen and oxygen atoms in total. The standard InChI is InChI=1S/C18H24N2O2/c21-17(19-20-18(22)15-5-2-1-3-6-15)12-13-9-10-14-7-4-8-16(14)11-13/h9-11,15H,1-8,12H2,(H,19,21)(H,20,22). The van der Waals surface area contributed by atoms with Gasteiger partial charge in [-0.25, -0.2) is 0 Å². The molecule has 0 unspecified atom stereocenters. The zero-order valence-corrected chi connectivity index (χ0v) is 13.0. The van der Waals surface area contributed by atoms with E-state index in [1.54, 1.807) is 0 Å². The van der Waals surface area contributed by atoms with Gasteiger partial charge in [-0.1, -0.05) is 37.5 Å². The minimum Gasteiger partial charge on any atom is -0.273 e. The molecule has 0 aliphatic heterocycles. The van der Waals surface area contributed by atoms with Gasteiger partial charge in [0.1, 0.15) is 0 Å². The van der Waals surface area contributed by atoms with Crippen molar-refractivity contribution in [1.82, 2.24) is 10.9 Å². The zero-order chi connectivity index (χ0) is 15.4. The number of rotatable bonds is 3. The Bertz CT molecular complexity index is 562. The maximum atomic E-state index is 12.0. The monoisotopic (exact) mass is 300 g/mol. The Labute approximate surface area is 131 Å². The molecule has 2 N–H and O–H groups in total. The van der Waals surface area contributed by atoms with Crippen LogP contribution in [0.4, 0.5) is 0 Å². The predicted molar refractivity (Wildman–Crippen MR) is 85.0 cm³/mol. The Morgan fingerprint density at radius 2 is 1.73 bits per heavy atom. The normalized spacial score (nSPS) is 17.8. The summed E-state index contributed by atoms with van der Waals surface area (Å²) in [7, 11) is 0. The van der Waals surface area contributed by atoms with E-state index in [0.29, 0.717) is 6.42 Å². The fourth-order valence-corrected chi connectivity index (χ4v) is 3.56. The summed E-state index contributed by atoms with van der Waals surface area (Å²) < 4.78 is 0. The predicted octanol–water partition coefficient (Wildman–Crippen LogP) is 2.45. The highest BCUT2D eigenvalue weighted by Crippen LogP contribution is 2.24. The molecule has 2 aliphatic rings. The van der Waals surface area contributed by atoms with E-state index in [1.165, 1.54) is 24.0 Å². The lowest BCUT2D eigenvalue weighted by Gasteiger charge is -2.20. The Morgan fingerprint density at radius 3 is 2.55 bits per heavy atom. The molecular formula is C18H24N2O2. The third-order valence-corrected chi connectivity index (χ3v) is 4.83.